The van der Waals surface area contributed by atoms with Gasteiger partial charge in [-0.1, -0.05) is 0 Å². The minimum absolute atomic E-state index is 0. The standard InChI is InChI=1S/C6H13NO.BrH/c1-2-7-3-5-8-6-4-7;/h2-6H2,1H3;1H. The van der Waals surface area contributed by atoms with Gasteiger partial charge in [-0.3, -0.25) is 0 Å². The van der Waals surface area contributed by atoms with Crippen molar-refractivity contribution in [2.24, 2.45) is 0 Å². The number of hydrogen-bond donors (Lipinski definition) is 1. The molecule has 0 aromatic heterocycles. The molecule has 2 nitrogen and oxygen atoms in total. The average molecular weight is 196 g/mol. The van der Waals surface area contributed by atoms with E-state index < -0.39 is 0 Å². The summed E-state index contributed by atoms with van der Waals surface area (Å²) in [6, 6.07) is 0. The molecule has 0 atom stereocenters. The molecule has 1 N–H and O–H groups in total. The Bertz CT molecular complexity index is 64.1. The number of quaternary nitrogens is 1. The Balaban J connectivity index is 0.000000640. The van der Waals surface area contributed by atoms with Crippen LogP contribution in [0.1, 0.15) is 6.92 Å². The van der Waals surface area contributed by atoms with Crippen LogP contribution in [-0.2, 0) is 4.74 Å². The third kappa shape index (κ3) is 3.18. The average Bonchev–Trinajstić information content (AvgIpc) is 1.90. The Morgan fingerprint density at radius 1 is 1.33 bits per heavy atom. The summed E-state index contributed by atoms with van der Waals surface area (Å²) in [4.78, 5) is 1.68. The SMILES string of the molecule is CC[NH+]1CCOCC1.[Br-]. The van der Waals surface area contributed by atoms with E-state index in [-0.39, 0.29) is 17.0 Å². The van der Waals surface area contributed by atoms with Gasteiger partial charge in [-0.15, -0.1) is 0 Å². The summed E-state index contributed by atoms with van der Waals surface area (Å²) in [7, 11) is 0. The molecule has 0 amide bonds. The van der Waals surface area contributed by atoms with Crippen molar-refractivity contribution < 1.29 is 26.6 Å². The summed E-state index contributed by atoms with van der Waals surface area (Å²) >= 11 is 0. The van der Waals surface area contributed by atoms with E-state index in [1.807, 2.05) is 0 Å². The topological polar surface area (TPSA) is 13.7 Å². The maximum atomic E-state index is 5.18. The predicted octanol–water partition coefficient (Wildman–Crippen LogP) is -4.07. The second kappa shape index (κ2) is 5.21. The largest absolute Gasteiger partial charge is 1.00 e. The normalized spacial score (nSPS) is 21.0. The fraction of sp³-hybridized carbons (Fsp3) is 1.00. The van der Waals surface area contributed by atoms with Crippen molar-refractivity contribution in [1.29, 1.82) is 0 Å². The van der Waals surface area contributed by atoms with E-state index in [1.165, 1.54) is 19.6 Å². The first-order chi connectivity index (χ1) is 3.93. The molecule has 1 fully saturated rings. The number of nitrogens with one attached hydrogen (secondary N) is 1. The fourth-order valence-corrected chi connectivity index (χ4v) is 1.01. The molecule has 0 saturated carbocycles. The van der Waals surface area contributed by atoms with Gasteiger partial charge in [-0.25, -0.2) is 0 Å². The molecule has 9 heavy (non-hydrogen) atoms. The third-order valence-electron chi connectivity index (χ3n) is 1.70. The van der Waals surface area contributed by atoms with E-state index in [0.29, 0.717) is 0 Å². The van der Waals surface area contributed by atoms with Crippen LogP contribution in [0.3, 0.4) is 0 Å². The molecule has 1 aliphatic rings. The summed E-state index contributed by atoms with van der Waals surface area (Å²) in [5.74, 6) is 0. The van der Waals surface area contributed by atoms with E-state index >= 15 is 0 Å². The summed E-state index contributed by atoms with van der Waals surface area (Å²) in [6.07, 6.45) is 0. The lowest BCUT2D eigenvalue weighted by molar-refractivity contribution is -0.906. The van der Waals surface area contributed by atoms with Crippen molar-refractivity contribution in [3.8, 4) is 0 Å². The Morgan fingerprint density at radius 3 is 2.22 bits per heavy atom. The van der Waals surface area contributed by atoms with Crippen molar-refractivity contribution in [2.75, 3.05) is 32.8 Å². The molecule has 1 heterocycles. The third-order valence-corrected chi connectivity index (χ3v) is 1.70. The molecule has 0 aromatic rings. The molecule has 3 heteroatoms. The van der Waals surface area contributed by atoms with Crippen molar-refractivity contribution in [2.45, 2.75) is 6.92 Å². The van der Waals surface area contributed by atoms with Gasteiger partial charge in [0.25, 0.3) is 0 Å². The van der Waals surface area contributed by atoms with Crippen LogP contribution >= 0.6 is 0 Å². The molecular weight excluding hydrogens is 182 g/mol. The molecular formula is C6H14BrNO. The Morgan fingerprint density at radius 2 is 1.89 bits per heavy atom. The number of likely N-dealkylation sites (N-methyl/N-ethyl adjacent to an activating group) is 1. The molecule has 1 aliphatic heterocycles. The van der Waals surface area contributed by atoms with E-state index in [2.05, 4.69) is 6.92 Å². The zero-order valence-corrected chi connectivity index (χ0v) is 7.41. The van der Waals surface area contributed by atoms with Gasteiger partial charge in [0.2, 0.25) is 0 Å². The summed E-state index contributed by atoms with van der Waals surface area (Å²) < 4.78 is 5.18. The zero-order valence-electron chi connectivity index (χ0n) is 5.82. The van der Waals surface area contributed by atoms with Crippen LogP contribution < -0.4 is 21.9 Å². The van der Waals surface area contributed by atoms with Gasteiger partial charge >= 0.3 is 0 Å². The number of ether oxygens (including phenoxy) is 1. The Kier molecular flexibility index (Phi) is 5.44. The van der Waals surface area contributed by atoms with Crippen molar-refractivity contribution in [1.82, 2.24) is 0 Å². The summed E-state index contributed by atoms with van der Waals surface area (Å²) in [6.45, 7) is 7.81. The second-order valence-corrected chi connectivity index (χ2v) is 2.22. The minimum atomic E-state index is 0. The van der Waals surface area contributed by atoms with E-state index in [1.54, 1.807) is 4.90 Å². The quantitative estimate of drug-likeness (QED) is 0.450. The molecule has 0 aromatic carbocycles. The van der Waals surface area contributed by atoms with Crippen LogP contribution in [-0.4, -0.2) is 32.8 Å². The molecule has 1 rings (SSSR count). The first-order valence-corrected chi connectivity index (χ1v) is 3.35. The van der Waals surface area contributed by atoms with Gasteiger partial charge < -0.3 is 26.6 Å². The highest BCUT2D eigenvalue weighted by Gasteiger charge is 2.09. The molecule has 1 saturated heterocycles. The van der Waals surface area contributed by atoms with Crippen LogP contribution in [0.2, 0.25) is 0 Å². The number of rotatable bonds is 1. The highest BCUT2D eigenvalue weighted by atomic mass is 79.9. The van der Waals surface area contributed by atoms with Gasteiger partial charge in [0, 0.05) is 0 Å². The van der Waals surface area contributed by atoms with Gasteiger partial charge in [0.05, 0.1) is 19.8 Å². The number of halogens is 1. The van der Waals surface area contributed by atoms with Crippen LogP contribution in [0.25, 0.3) is 0 Å². The van der Waals surface area contributed by atoms with Crippen molar-refractivity contribution in [3.05, 3.63) is 0 Å². The van der Waals surface area contributed by atoms with E-state index in [0.717, 1.165) is 13.2 Å². The molecule has 56 valence electrons. The van der Waals surface area contributed by atoms with Crippen LogP contribution in [0.5, 0.6) is 0 Å². The Hall–Kier alpha value is 0.400. The first-order valence-electron chi connectivity index (χ1n) is 3.35. The van der Waals surface area contributed by atoms with E-state index in [9.17, 15) is 0 Å². The monoisotopic (exact) mass is 195 g/mol. The molecule has 0 aliphatic carbocycles. The number of morpholine rings is 1. The lowest BCUT2D eigenvalue weighted by atomic mass is 10.4. The Labute approximate surface area is 66.9 Å². The highest BCUT2D eigenvalue weighted by Crippen LogP contribution is 1.73. The van der Waals surface area contributed by atoms with Crippen molar-refractivity contribution >= 4 is 0 Å². The molecule has 0 spiro atoms. The number of hydrogen-bond acceptors (Lipinski definition) is 1. The van der Waals surface area contributed by atoms with E-state index in [4.69, 9.17) is 4.74 Å². The van der Waals surface area contributed by atoms with Gasteiger partial charge in [0.1, 0.15) is 13.1 Å². The van der Waals surface area contributed by atoms with Gasteiger partial charge in [-0.05, 0) is 6.92 Å². The van der Waals surface area contributed by atoms with Crippen LogP contribution in [0.4, 0.5) is 0 Å². The highest BCUT2D eigenvalue weighted by molar-refractivity contribution is 4.36. The van der Waals surface area contributed by atoms with Crippen molar-refractivity contribution in [3.63, 3.8) is 0 Å². The second-order valence-electron chi connectivity index (χ2n) is 2.22. The summed E-state index contributed by atoms with van der Waals surface area (Å²) in [5, 5.41) is 0. The summed E-state index contributed by atoms with van der Waals surface area (Å²) in [5.41, 5.74) is 0. The lowest BCUT2D eigenvalue weighted by Gasteiger charge is -2.21. The maximum absolute atomic E-state index is 5.18. The van der Waals surface area contributed by atoms with Gasteiger partial charge in [0.15, 0.2) is 0 Å². The molecule has 0 bridgehead atoms. The van der Waals surface area contributed by atoms with Gasteiger partial charge in [-0.2, -0.15) is 0 Å². The van der Waals surface area contributed by atoms with Crippen LogP contribution in [0.15, 0.2) is 0 Å². The smallest absolute Gasteiger partial charge is 0.101 e. The minimum Gasteiger partial charge on any atom is -1.00 e. The fourth-order valence-electron chi connectivity index (χ4n) is 1.01. The molecule has 0 radical (unpaired) electrons. The zero-order chi connectivity index (χ0) is 5.82. The van der Waals surface area contributed by atoms with Crippen LogP contribution in [0, 0.1) is 0 Å². The first kappa shape index (κ1) is 9.40. The molecule has 0 unspecified atom stereocenters. The lowest BCUT2D eigenvalue weighted by Crippen LogP contribution is -3.13. The maximum Gasteiger partial charge on any atom is 0.101 e. The predicted molar refractivity (Wildman–Crippen MR) is 32.1 cm³/mol.